The molecule has 2 nitrogen and oxygen atoms in total. The Morgan fingerprint density at radius 1 is 1.17 bits per heavy atom. The van der Waals surface area contributed by atoms with E-state index in [1.807, 2.05) is 19.1 Å². The molecule has 1 saturated heterocycles. The van der Waals surface area contributed by atoms with E-state index in [2.05, 4.69) is 24.1 Å². The Labute approximate surface area is 109 Å². The van der Waals surface area contributed by atoms with Gasteiger partial charge >= 0.3 is 0 Å². The van der Waals surface area contributed by atoms with Gasteiger partial charge in [0.25, 0.3) is 0 Å². The molecule has 2 unspecified atom stereocenters. The van der Waals surface area contributed by atoms with Gasteiger partial charge in [-0.05, 0) is 45.7 Å². The highest BCUT2D eigenvalue weighted by molar-refractivity contribution is 5.53. The van der Waals surface area contributed by atoms with Crippen LogP contribution in [0.4, 0.5) is 10.1 Å². The molecule has 1 N–H and O–H groups in total. The molecule has 2 atom stereocenters. The van der Waals surface area contributed by atoms with Crippen LogP contribution in [0.15, 0.2) is 18.2 Å². The quantitative estimate of drug-likeness (QED) is 0.824. The van der Waals surface area contributed by atoms with Crippen molar-refractivity contribution in [2.75, 3.05) is 18.0 Å². The first-order chi connectivity index (χ1) is 8.58. The molecule has 1 heterocycles. The third kappa shape index (κ3) is 3.02. The molecule has 0 saturated carbocycles. The van der Waals surface area contributed by atoms with Crippen LogP contribution in [0.5, 0.6) is 0 Å². The lowest BCUT2D eigenvalue weighted by molar-refractivity contribution is 0.404. The Kier molecular flexibility index (Phi) is 4.23. The number of anilines is 1. The molecule has 3 heteroatoms. The highest BCUT2D eigenvalue weighted by atomic mass is 19.1. The van der Waals surface area contributed by atoms with E-state index in [-0.39, 0.29) is 5.82 Å². The van der Waals surface area contributed by atoms with Gasteiger partial charge in [0.2, 0.25) is 0 Å². The largest absolute Gasteiger partial charge is 0.371 e. The molecule has 0 bridgehead atoms. The number of nitrogens with zero attached hydrogens (tertiary/aromatic N) is 1. The molecule has 1 aliphatic rings. The van der Waals surface area contributed by atoms with Crippen molar-refractivity contribution in [1.29, 1.82) is 0 Å². The zero-order valence-electron chi connectivity index (χ0n) is 11.5. The summed E-state index contributed by atoms with van der Waals surface area (Å²) in [5, 5.41) is 3.58. The van der Waals surface area contributed by atoms with Crippen molar-refractivity contribution in [1.82, 2.24) is 5.32 Å². The van der Waals surface area contributed by atoms with Gasteiger partial charge in [-0.25, -0.2) is 4.39 Å². The zero-order chi connectivity index (χ0) is 13.1. The summed E-state index contributed by atoms with van der Waals surface area (Å²) in [6, 6.07) is 6.42. The van der Waals surface area contributed by atoms with Crippen LogP contribution < -0.4 is 10.2 Å². The van der Waals surface area contributed by atoms with Gasteiger partial charge in [-0.3, -0.25) is 0 Å². The van der Waals surface area contributed by atoms with Gasteiger partial charge in [-0.2, -0.15) is 0 Å². The lowest BCUT2D eigenvalue weighted by atomic mass is 10.1. The Morgan fingerprint density at radius 3 is 2.39 bits per heavy atom. The van der Waals surface area contributed by atoms with E-state index in [1.165, 1.54) is 6.07 Å². The Morgan fingerprint density at radius 2 is 1.78 bits per heavy atom. The molecule has 1 aromatic rings. The summed E-state index contributed by atoms with van der Waals surface area (Å²) in [6.07, 6.45) is 2.20. The first kappa shape index (κ1) is 13.3. The van der Waals surface area contributed by atoms with Crippen LogP contribution in [0, 0.1) is 12.7 Å². The van der Waals surface area contributed by atoms with Gasteiger partial charge in [-0.1, -0.05) is 6.07 Å². The fraction of sp³-hybridized carbons (Fsp3) is 0.600. The van der Waals surface area contributed by atoms with E-state index >= 15 is 0 Å². The van der Waals surface area contributed by atoms with Crippen molar-refractivity contribution in [2.24, 2.45) is 0 Å². The van der Waals surface area contributed by atoms with Crippen molar-refractivity contribution in [3.8, 4) is 0 Å². The minimum absolute atomic E-state index is 0.103. The van der Waals surface area contributed by atoms with Gasteiger partial charge in [0.05, 0.1) is 0 Å². The van der Waals surface area contributed by atoms with Crippen molar-refractivity contribution in [3.63, 3.8) is 0 Å². The fourth-order valence-electron chi connectivity index (χ4n) is 2.64. The number of rotatable bonds is 1. The Bertz CT molecular complexity index is 393. The first-order valence-corrected chi connectivity index (χ1v) is 6.84. The van der Waals surface area contributed by atoms with E-state index < -0.39 is 0 Å². The van der Waals surface area contributed by atoms with Crippen LogP contribution in [0.2, 0.25) is 0 Å². The molecule has 0 spiro atoms. The van der Waals surface area contributed by atoms with Crippen LogP contribution in [0.25, 0.3) is 0 Å². The maximum Gasteiger partial charge on any atom is 0.128 e. The molecule has 0 radical (unpaired) electrons. The number of hydrogen-bond donors (Lipinski definition) is 1. The third-order valence-electron chi connectivity index (χ3n) is 3.81. The highest BCUT2D eigenvalue weighted by Crippen LogP contribution is 2.24. The van der Waals surface area contributed by atoms with E-state index in [0.29, 0.717) is 12.1 Å². The normalized spacial score (nSPS) is 25.7. The zero-order valence-corrected chi connectivity index (χ0v) is 11.5. The van der Waals surface area contributed by atoms with Crippen LogP contribution in [0.1, 0.15) is 32.3 Å². The predicted molar refractivity (Wildman–Crippen MR) is 74.6 cm³/mol. The standard InChI is InChI=1S/C15H23FN2/c1-11-7-9-18(10-8-12(2)17-11)15-6-4-5-14(16)13(15)3/h4-6,11-12,17H,7-10H2,1-3H3. The second-order valence-corrected chi connectivity index (χ2v) is 5.42. The minimum atomic E-state index is -0.103. The highest BCUT2D eigenvalue weighted by Gasteiger charge is 2.18. The molecule has 0 amide bonds. The fourth-order valence-corrected chi connectivity index (χ4v) is 2.64. The van der Waals surface area contributed by atoms with Crippen molar-refractivity contribution < 1.29 is 4.39 Å². The first-order valence-electron chi connectivity index (χ1n) is 6.84. The van der Waals surface area contributed by atoms with Gasteiger partial charge < -0.3 is 10.2 Å². The predicted octanol–water partition coefficient (Wildman–Crippen LogP) is 3.10. The lowest BCUT2D eigenvalue weighted by Crippen LogP contribution is -2.43. The summed E-state index contributed by atoms with van der Waals surface area (Å²) in [5.74, 6) is -0.103. The molecule has 1 fully saturated rings. The van der Waals surface area contributed by atoms with Crippen LogP contribution >= 0.6 is 0 Å². The molecule has 1 aliphatic heterocycles. The van der Waals surface area contributed by atoms with Crippen molar-refractivity contribution in [2.45, 2.75) is 45.7 Å². The number of hydrogen-bond acceptors (Lipinski definition) is 2. The minimum Gasteiger partial charge on any atom is -0.371 e. The molecular weight excluding hydrogens is 227 g/mol. The van der Waals surface area contributed by atoms with Crippen molar-refractivity contribution in [3.05, 3.63) is 29.6 Å². The van der Waals surface area contributed by atoms with E-state index in [0.717, 1.165) is 37.2 Å². The molecular formula is C15H23FN2. The maximum atomic E-state index is 13.6. The second kappa shape index (κ2) is 5.70. The summed E-state index contributed by atoms with van der Waals surface area (Å²) in [7, 11) is 0. The third-order valence-corrected chi connectivity index (χ3v) is 3.81. The molecule has 1 aromatic carbocycles. The van der Waals surface area contributed by atoms with Crippen LogP contribution in [-0.2, 0) is 0 Å². The average Bonchev–Trinajstić information content (AvgIpc) is 2.31. The van der Waals surface area contributed by atoms with Crippen molar-refractivity contribution >= 4 is 5.69 Å². The average molecular weight is 250 g/mol. The van der Waals surface area contributed by atoms with Gasteiger partial charge in [-0.15, -0.1) is 0 Å². The number of benzene rings is 1. The summed E-state index contributed by atoms with van der Waals surface area (Å²) in [5.41, 5.74) is 1.82. The number of halogens is 1. The summed E-state index contributed by atoms with van der Waals surface area (Å²) in [6.45, 7) is 8.29. The van der Waals surface area contributed by atoms with Gasteiger partial charge in [0.1, 0.15) is 5.82 Å². The van der Waals surface area contributed by atoms with Gasteiger partial charge in [0, 0.05) is 36.4 Å². The molecule has 2 rings (SSSR count). The summed E-state index contributed by atoms with van der Waals surface area (Å²) in [4.78, 5) is 2.33. The molecule has 0 aromatic heterocycles. The molecule has 100 valence electrons. The van der Waals surface area contributed by atoms with E-state index in [1.54, 1.807) is 0 Å². The van der Waals surface area contributed by atoms with E-state index in [4.69, 9.17) is 0 Å². The lowest BCUT2D eigenvalue weighted by Gasteiger charge is -2.33. The SMILES string of the molecule is Cc1c(F)cccc1N1CCC(C)NC(C)CC1. The monoisotopic (exact) mass is 250 g/mol. The van der Waals surface area contributed by atoms with Gasteiger partial charge in [0.15, 0.2) is 0 Å². The Balaban J connectivity index is 2.18. The van der Waals surface area contributed by atoms with Crippen LogP contribution in [0.3, 0.4) is 0 Å². The smallest absolute Gasteiger partial charge is 0.128 e. The molecule has 18 heavy (non-hydrogen) atoms. The second-order valence-electron chi connectivity index (χ2n) is 5.42. The molecule has 0 aliphatic carbocycles. The Hall–Kier alpha value is -1.09. The van der Waals surface area contributed by atoms with E-state index in [9.17, 15) is 4.39 Å². The number of nitrogens with one attached hydrogen (secondary N) is 1. The maximum absolute atomic E-state index is 13.6. The summed E-state index contributed by atoms with van der Waals surface area (Å²) < 4.78 is 13.6. The summed E-state index contributed by atoms with van der Waals surface area (Å²) >= 11 is 0. The topological polar surface area (TPSA) is 15.3 Å². The van der Waals surface area contributed by atoms with Crippen LogP contribution in [-0.4, -0.2) is 25.2 Å².